The number of aromatic nitrogens is 2. The summed E-state index contributed by atoms with van der Waals surface area (Å²) in [7, 11) is 0. The minimum absolute atomic E-state index is 0.175. The van der Waals surface area contributed by atoms with E-state index in [-0.39, 0.29) is 16.8 Å². The second kappa shape index (κ2) is 3.59. The summed E-state index contributed by atoms with van der Waals surface area (Å²) in [6.07, 6.45) is 3.81. The number of nitrogens with zero attached hydrogens (tertiary/aromatic N) is 1. The molecule has 4 heteroatoms. The van der Waals surface area contributed by atoms with Crippen LogP contribution in [0.4, 0.5) is 4.39 Å². The number of hydrogen-bond donors (Lipinski definition) is 1. The summed E-state index contributed by atoms with van der Waals surface area (Å²) in [5, 5.41) is 7.16. The largest absolute Gasteiger partial charge is 0.282 e. The number of halogens is 2. The Bertz CT molecular complexity index is 536. The Morgan fingerprint density at radius 2 is 2.31 bits per heavy atom. The molecule has 0 bridgehead atoms. The van der Waals surface area contributed by atoms with Gasteiger partial charge in [0.05, 0.1) is 11.2 Å². The topological polar surface area (TPSA) is 28.7 Å². The van der Waals surface area contributed by atoms with Gasteiger partial charge in [0, 0.05) is 17.2 Å². The monoisotopic (exact) mass is 236 g/mol. The van der Waals surface area contributed by atoms with Gasteiger partial charge in [0.2, 0.25) is 0 Å². The molecule has 0 radical (unpaired) electrons. The Hall–Kier alpha value is -1.35. The average Bonchev–Trinajstić information content (AvgIpc) is 2.83. The Balaban J connectivity index is 2.03. The van der Waals surface area contributed by atoms with Crippen molar-refractivity contribution in [1.82, 2.24) is 10.2 Å². The van der Waals surface area contributed by atoms with Gasteiger partial charge in [-0.25, -0.2) is 4.39 Å². The van der Waals surface area contributed by atoms with Crippen molar-refractivity contribution in [2.75, 3.05) is 0 Å². The van der Waals surface area contributed by atoms with E-state index >= 15 is 0 Å². The molecular weight excluding hydrogens is 227 g/mol. The number of nitrogens with one attached hydrogen (secondary N) is 1. The van der Waals surface area contributed by atoms with Crippen molar-refractivity contribution in [1.29, 1.82) is 0 Å². The Morgan fingerprint density at radius 3 is 3.12 bits per heavy atom. The number of benzene rings is 1. The normalized spacial score (nSPS) is 18.8. The van der Waals surface area contributed by atoms with Gasteiger partial charge < -0.3 is 0 Å². The van der Waals surface area contributed by atoms with Gasteiger partial charge in [0.1, 0.15) is 5.82 Å². The Morgan fingerprint density at radius 1 is 1.44 bits per heavy atom. The highest BCUT2D eigenvalue weighted by Crippen LogP contribution is 2.37. The van der Waals surface area contributed by atoms with Gasteiger partial charge in [-0.05, 0) is 30.5 Å². The summed E-state index contributed by atoms with van der Waals surface area (Å²) in [6.45, 7) is 0. The zero-order valence-corrected chi connectivity index (χ0v) is 9.26. The zero-order chi connectivity index (χ0) is 11.1. The van der Waals surface area contributed by atoms with Gasteiger partial charge in [-0.2, -0.15) is 5.10 Å². The van der Waals surface area contributed by atoms with Crippen molar-refractivity contribution in [3.05, 3.63) is 52.1 Å². The summed E-state index contributed by atoms with van der Waals surface area (Å²) in [5.74, 6) is -0.100. The van der Waals surface area contributed by atoms with E-state index in [2.05, 4.69) is 10.2 Å². The molecule has 0 saturated carbocycles. The lowest BCUT2D eigenvalue weighted by molar-refractivity contribution is 0.623. The number of rotatable bonds is 1. The number of H-pyrrole nitrogens is 1. The van der Waals surface area contributed by atoms with E-state index in [0.29, 0.717) is 0 Å². The number of fused-ring (bicyclic) bond motifs is 1. The summed E-state index contributed by atoms with van der Waals surface area (Å²) in [6, 6.07) is 5.03. The molecule has 0 amide bonds. The van der Waals surface area contributed by atoms with Crippen LogP contribution >= 0.6 is 11.6 Å². The van der Waals surface area contributed by atoms with Crippen LogP contribution in [0.1, 0.15) is 29.2 Å². The van der Waals surface area contributed by atoms with E-state index < -0.39 is 0 Å². The van der Waals surface area contributed by atoms with Crippen molar-refractivity contribution in [3.63, 3.8) is 0 Å². The van der Waals surface area contributed by atoms with Crippen LogP contribution < -0.4 is 0 Å². The molecule has 2 aromatic rings. The molecule has 82 valence electrons. The first-order chi connectivity index (χ1) is 7.75. The lowest BCUT2D eigenvalue weighted by Crippen LogP contribution is -1.96. The predicted molar refractivity (Wildman–Crippen MR) is 60.2 cm³/mol. The lowest BCUT2D eigenvalue weighted by Gasteiger charge is -2.10. The van der Waals surface area contributed by atoms with E-state index in [4.69, 9.17) is 11.6 Å². The van der Waals surface area contributed by atoms with E-state index in [1.807, 2.05) is 12.3 Å². The molecule has 1 aliphatic carbocycles. The zero-order valence-electron chi connectivity index (χ0n) is 8.50. The lowest BCUT2D eigenvalue weighted by atomic mass is 9.95. The number of hydrogen-bond acceptors (Lipinski definition) is 1. The van der Waals surface area contributed by atoms with Crippen LogP contribution in [-0.4, -0.2) is 10.2 Å². The van der Waals surface area contributed by atoms with Crippen molar-refractivity contribution in [2.24, 2.45) is 0 Å². The second-order valence-corrected chi connectivity index (χ2v) is 4.48. The summed E-state index contributed by atoms with van der Waals surface area (Å²) < 4.78 is 13.4. The van der Waals surface area contributed by atoms with Gasteiger partial charge in [0.15, 0.2) is 0 Å². The SMILES string of the molecule is Fc1cc([C@@H]2CCc3[nH]ncc32)ccc1Cl. The minimum Gasteiger partial charge on any atom is -0.282 e. The number of aryl methyl sites for hydroxylation is 1. The maximum atomic E-state index is 13.4. The van der Waals surface area contributed by atoms with Crippen molar-refractivity contribution in [2.45, 2.75) is 18.8 Å². The molecular formula is C12H10ClFN2. The Labute approximate surface area is 97.4 Å². The average molecular weight is 237 g/mol. The van der Waals surface area contributed by atoms with Gasteiger partial charge in [-0.15, -0.1) is 0 Å². The first-order valence-electron chi connectivity index (χ1n) is 5.23. The molecule has 2 nitrogen and oxygen atoms in total. The fourth-order valence-corrected chi connectivity index (χ4v) is 2.46. The molecule has 1 aromatic heterocycles. The van der Waals surface area contributed by atoms with Crippen LogP contribution in [0.5, 0.6) is 0 Å². The molecule has 16 heavy (non-hydrogen) atoms. The van der Waals surface area contributed by atoms with E-state index in [0.717, 1.165) is 18.4 Å². The van der Waals surface area contributed by atoms with Crippen LogP contribution in [0.2, 0.25) is 5.02 Å². The third-order valence-electron chi connectivity index (χ3n) is 3.16. The fraction of sp³-hybridized carbons (Fsp3) is 0.250. The smallest absolute Gasteiger partial charge is 0.142 e. The molecule has 0 aliphatic heterocycles. The maximum Gasteiger partial charge on any atom is 0.142 e. The van der Waals surface area contributed by atoms with Gasteiger partial charge in [-0.3, -0.25) is 5.10 Å². The van der Waals surface area contributed by atoms with Crippen LogP contribution in [0.15, 0.2) is 24.4 Å². The van der Waals surface area contributed by atoms with Crippen molar-refractivity contribution in [3.8, 4) is 0 Å². The molecule has 0 saturated heterocycles. The minimum atomic E-state index is -0.351. The van der Waals surface area contributed by atoms with Crippen LogP contribution in [0.25, 0.3) is 0 Å². The molecule has 1 N–H and O–H groups in total. The fourth-order valence-electron chi connectivity index (χ4n) is 2.34. The van der Waals surface area contributed by atoms with Crippen molar-refractivity contribution >= 4 is 11.6 Å². The summed E-state index contributed by atoms with van der Waals surface area (Å²) in [4.78, 5) is 0. The standard InChI is InChI=1S/C12H10ClFN2/c13-10-3-1-7(5-11(10)14)8-2-4-12-9(8)6-15-16-12/h1,3,5-6,8H,2,4H2,(H,15,16)/t8-/m0/s1. The van der Waals surface area contributed by atoms with Gasteiger partial charge in [0.25, 0.3) is 0 Å². The van der Waals surface area contributed by atoms with Crippen LogP contribution in [-0.2, 0) is 6.42 Å². The maximum absolute atomic E-state index is 13.4. The molecule has 0 unspecified atom stereocenters. The van der Waals surface area contributed by atoms with Gasteiger partial charge in [-0.1, -0.05) is 17.7 Å². The van der Waals surface area contributed by atoms with Gasteiger partial charge >= 0.3 is 0 Å². The highest BCUT2D eigenvalue weighted by molar-refractivity contribution is 6.30. The van der Waals surface area contributed by atoms with E-state index in [1.165, 1.54) is 17.3 Å². The molecule has 0 spiro atoms. The first kappa shape index (κ1) is 9.85. The van der Waals surface area contributed by atoms with Crippen molar-refractivity contribution < 1.29 is 4.39 Å². The molecule has 0 fully saturated rings. The van der Waals surface area contributed by atoms with E-state index in [9.17, 15) is 4.39 Å². The Kier molecular flexibility index (Phi) is 2.21. The first-order valence-corrected chi connectivity index (χ1v) is 5.60. The third-order valence-corrected chi connectivity index (χ3v) is 3.46. The molecule has 3 rings (SSSR count). The molecule has 1 aliphatic rings. The molecule has 1 atom stereocenters. The second-order valence-electron chi connectivity index (χ2n) is 4.07. The molecule has 1 heterocycles. The van der Waals surface area contributed by atoms with Crippen LogP contribution in [0.3, 0.4) is 0 Å². The summed E-state index contributed by atoms with van der Waals surface area (Å²) >= 11 is 5.67. The predicted octanol–water partition coefficient (Wildman–Crippen LogP) is 3.28. The summed E-state index contributed by atoms with van der Waals surface area (Å²) in [5.41, 5.74) is 3.32. The highest BCUT2D eigenvalue weighted by atomic mass is 35.5. The van der Waals surface area contributed by atoms with E-state index in [1.54, 1.807) is 6.07 Å². The van der Waals surface area contributed by atoms with Crippen LogP contribution in [0, 0.1) is 5.82 Å². The highest BCUT2D eigenvalue weighted by Gasteiger charge is 2.26. The quantitative estimate of drug-likeness (QED) is 0.809. The number of aromatic amines is 1. The molecule has 1 aromatic carbocycles. The third kappa shape index (κ3) is 1.43.